The standard InChI is InChI=1S/C19H23F2N5O4S/c1-18(2)17(22)26-19(9-20,10-31(18,28)29)12-6-11(4-5-13(12)21)25-16(27)14-7-24-15(30-3)8-23-14/h4-8,28-29H,9-10H2,1-3H3,(H2,22,26)(H,25,27)/t19-/m0/s1. The van der Waals surface area contributed by atoms with Crippen molar-refractivity contribution in [2.24, 2.45) is 10.7 Å². The van der Waals surface area contributed by atoms with Gasteiger partial charge in [-0.3, -0.25) is 18.9 Å². The second-order valence-corrected chi connectivity index (χ2v) is 10.2. The molecule has 2 heterocycles. The number of aromatic nitrogens is 2. The quantitative estimate of drug-likeness (QED) is 0.543. The zero-order valence-corrected chi connectivity index (χ0v) is 17.9. The van der Waals surface area contributed by atoms with Gasteiger partial charge in [-0.05, 0) is 32.0 Å². The predicted octanol–water partition coefficient (Wildman–Crippen LogP) is 2.94. The summed E-state index contributed by atoms with van der Waals surface area (Å²) < 4.78 is 53.7. The molecule has 0 fully saturated rings. The summed E-state index contributed by atoms with van der Waals surface area (Å²) in [6.07, 6.45) is 2.46. The lowest BCUT2D eigenvalue weighted by Gasteiger charge is -2.53. The molecule has 0 radical (unpaired) electrons. The summed E-state index contributed by atoms with van der Waals surface area (Å²) in [6.45, 7) is 1.73. The Bertz CT molecular complexity index is 1030. The zero-order valence-electron chi connectivity index (χ0n) is 17.1. The lowest BCUT2D eigenvalue weighted by molar-refractivity contribution is 0.102. The largest absolute Gasteiger partial charge is 0.480 e. The highest BCUT2D eigenvalue weighted by atomic mass is 32.3. The number of methoxy groups -OCH3 is 1. The molecule has 2 aromatic rings. The molecule has 1 aromatic carbocycles. The van der Waals surface area contributed by atoms with Crippen LogP contribution >= 0.6 is 10.6 Å². The van der Waals surface area contributed by atoms with E-state index in [4.69, 9.17) is 10.5 Å². The molecule has 1 atom stereocenters. The Kier molecular flexibility index (Phi) is 5.91. The van der Waals surface area contributed by atoms with Crippen molar-refractivity contribution in [1.29, 1.82) is 0 Å². The third-order valence-electron chi connectivity index (χ3n) is 5.23. The third-order valence-corrected chi connectivity index (χ3v) is 7.95. The van der Waals surface area contributed by atoms with Gasteiger partial charge in [0, 0.05) is 11.3 Å². The number of hydrogen-bond donors (Lipinski definition) is 4. The first-order valence-electron chi connectivity index (χ1n) is 9.10. The predicted molar refractivity (Wildman–Crippen MR) is 114 cm³/mol. The molecule has 1 aromatic heterocycles. The molecular formula is C19H23F2N5O4S. The van der Waals surface area contributed by atoms with E-state index in [0.717, 1.165) is 6.07 Å². The Hall–Kier alpha value is -2.83. The molecule has 0 saturated carbocycles. The van der Waals surface area contributed by atoms with Gasteiger partial charge in [-0.1, -0.05) is 0 Å². The minimum Gasteiger partial charge on any atom is -0.480 e. The van der Waals surface area contributed by atoms with E-state index in [-0.39, 0.29) is 28.7 Å². The Morgan fingerprint density at radius 2 is 2.03 bits per heavy atom. The van der Waals surface area contributed by atoms with Gasteiger partial charge in [-0.15, -0.1) is 0 Å². The van der Waals surface area contributed by atoms with Crippen molar-refractivity contribution in [2.75, 3.05) is 24.9 Å². The number of alkyl halides is 1. The number of ether oxygens (including phenoxy) is 1. The Balaban J connectivity index is 1.98. The summed E-state index contributed by atoms with van der Waals surface area (Å²) in [5.41, 5.74) is 3.81. The number of amides is 1. The number of anilines is 1. The fourth-order valence-corrected chi connectivity index (χ4v) is 4.75. The highest BCUT2D eigenvalue weighted by molar-refractivity contribution is 8.26. The number of carbonyl (C=O) groups is 1. The summed E-state index contributed by atoms with van der Waals surface area (Å²) in [7, 11) is -2.06. The monoisotopic (exact) mass is 455 g/mol. The minimum absolute atomic E-state index is 0.0252. The van der Waals surface area contributed by atoms with E-state index in [0.29, 0.717) is 0 Å². The molecule has 12 heteroatoms. The van der Waals surface area contributed by atoms with Crippen LogP contribution in [0, 0.1) is 5.82 Å². The zero-order chi connectivity index (χ0) is 23.0. The Labute approximate surface area is 179 Å². The van der Waals surface area contributed by atoms with Crippen molar-refractivity contribution < 1.29 is 27.4 Å². The smallest absolute Gasteiger partial charge is 0.275 e. The van der Waals surface area contributed by atoms with Gasteiger partial charge in [0.25, 0.3) is 5.91 Å². The van der Waals surface area contributed by atoms with Crippen LogP contribution < -0.4 is 15.8 Å². The van der Waals surface area contributed by atoms with Crippen LogP contribution in [0.2, 0.25) is 0 Å². The average Bonchev–Trinajstić information content (AvgIpc) is 2.73. The van der Waals surface area contributed by atoms with Gasteiger partial charge in [0.2, 0.25) is 5.88 Å². The molecule has 0 spiro atoms. The van der Waals surface area contributed by atoms with Gasteiger partial charge >= 0.3 is 0 Å². The van der Waals surface area contributed by atoms with Crippen LogP contribution in [0.3, 0.4) is 0 Å². The number of aliphatic imine (C=N–C) groups is 1. The van der Waals surface area contributed by atoms with Gasteiger partial charge in [-0.2, -0.15) is 10.6 Å². The van der Waals surface area contributed by atoms with Crippen molar-refractivity contribution in [3.8, 4) is 5.88 Å². The van der Waals surface area contributed by atoms with Crippen LogP contribution in [-0.2, 0) is 5.54 Å². The molecule has 5 N–H and O–H groups in total. The van der Waals surface area contributed by atoms with E-state index in [9.17, 15) is 22.7 Å². The number of halogens is 2. The number of nitrogens with two attached hydrogens (primary N) is 1. The second kappa shape index (κ2) is 8.02. The van der Waals surface area contributed by atoms with Crippen LogP contribution in [-0.4, -0.2) is 55.1 Å². The molecule has 3 rings (SSSR count). The molecule has 9 nitrogen and oxygen atoms in total. The minimum atomic E-state index is -3.46. The molecule has 168 valence electrons. The lowest BCUT2D eigenvalue weighted by atomic mass is 9.92. The fraction of sp³-hybridized carbons (Fsp3) is 0.368. The van der Waals surface area contributed by atoms with Crippen LogP contribution in [0.5, 0.6) is 5.88 Å². The second-order valence-electron chi connectivity index (χ2n) is 7.58. The number of amidine groups is 1. The van der Waals surface area contributed by atoms with Gasteiger partial charge in [-0.25, -0.2) is 18.7 Å². The molecule has 0 aliphatic carbocycles. The van der Waals surface area contributed by atoms with Gasteiger partial charge < -0.3 is 15.8 Å². The van der Waals surface area contributed by atoms with Crippen molar-refractivity contribution in [1.82, 2.24) is 9.97 Å². The first-order chi connectivity index (χ1) is 14.5. The van der Waals surface area contributed by atoms with Crippen molar-refractivity contribution in [2.45, 2.75) is 24.1 Å². The molecule has 1 aliphatic heterocycles. The Morgan fingerprint density at radius 1 is 1.32 bits per heavy atom. The average molecular weight is 455 g/mol. The fourth-order valence-electron chi connectivity index (χ4n) is 3.05. The maximum Gasteiger partial charge on any atom is 0.275 e. The number of carbonyl (C=O) groups excluding carboxylic acids is 1. The molecule has 1 amide bonds. The lowest BCUT2D eigenvalue weighted by Crippen LogP contribution is -2.53. The molecule has 0 unspecified atom stereocenters. The van der Waals surface area contributed by atoms with Crippen molar-refractivity contribution in [3.63, 3.8) is 0 Å². The highest BCUT2D eigenvalue weighted by Crippen LogP contribution is 2.59. The number of nitrogens with zero attached hydrogens (tertiary/aromatic N) is 3. The molecular weight excluding hydrogens is 432 g/mol. The van der Waals surface area contributed by atoms with Gasteiger partial charge in [0.05, 0.1) is 25.3 Å². The van der Waals surface area contributed by atoms with E-state index in [1.54, 1.807) is 0 Å². The van der Waals surface area contributed by atoms with Crippen molar-refractivity contribution >= 4 is 28.0 Å². The third kappa shape index (κ3) is 4.05. The highest BCUT2D eigenvalue weighted by Gasteiger charge is 2.51. The molecule has 0 saturated heterocycles. The summed E-state index contributed by atoms with van der Waals surface area (Å²) in [4.78, 5) is 24.4. The number of nitrogens with one attached hydrogen (secondary N) is 1. The van der Waals surface area contributed by atoms with Crippen LogP contribution in [0.15, 0.2) is 35.6 Å². The molecule has 31 heavy (non-hydrogen) atoms. The molecule has 0 bridgehead atoms. The van der Waals surface area contributed by atoms with E-state index < -0.39 is 45.0 Å². The Morgan fingerprint density at radius 3 is 2.58 bits per heavy atom. The van der Waals surface area contributed by atoms with Crippen LogP contribution in [0.25, 0.3) is 0 Å². The van der Waals surface area contributed by atoms with E-state index in [2.05, 4.69) is 20.3 Å². The van der Waals surface area contributed by atoms with E-state index in [1.165, 1.54) is 45.5 Å². The summed E-state index contributed by atoms with van der Waals surface area (Å²) in [5.74, 6) is -1.99. The topological polar surface area (TPSA) is 143 Å². The van der Waals surface area contributed by atoms with E-state index in [1.807, 2.05) is 0 Å². The number of benzene rings is 1. The summed E-state index contributed by atoms with van der Waals surface area (Å²) >= 11 is 0. The molecule has 1 aliphatic rings. The van der Waals surface area contributed by atoms with Crippen LogP contribution in [0.1, 0.15) is 29.9 Å². The summed E-state index contributed by atoms with van der Waals surface area (Å²) in [5, 5.41) is 2.52. The SMILES string of the molecule is COc1cnc(C(=O)Nc2ccc(F)c([C@]3(CF)CS(O)(O)C(C)(C)C(N)=N3)c2)cn1. The first kappa shape index (κ1) is 22.8. The maximum atomic E-state index is 14.7. The van der Waals surface area contributed by atoms with Crippen molar-refractivity contribution in [3.05, 3.63) is 47.7 Å². The first-order valence-corrected chi connectivity index (χ1v) is 10.8. The number of hydrogen-bond acceptors (Lipinski definition) is 8. The van der Waals surface area contributed by atoms with Gasteiger partial charge in [0.15, 0.2) is 0 Å². The van der Waals surface area contributed by atoms with Crippen LogP contribution in [0.4, 0.5) is 14.5 Å². The normalized spacial score (nSPS) is 22.9. The number of rotatable bonds is 5. The summed E-state index contributed by atoms with van der Waals surface area (Å²) in [6, 6.07) is 3.49. The van der Waals surface area contributed by atoms with Gasteiger partial charge in [0.1, 0.15) is 34.3 Å². The van der Waals surface area contributed by atoms with E-state index >= 15 is 0 Å². The maximum absolute atomic E-state index is 14.7.